The molecule has 82 valence electrons. The van der Waals surface area contributed by atoms with Crippen LogP contribution in [-0.4, -0.2) is 10.9 Å². The summed E-state index contributed by atoms with van der Waals surface area (Å²) in [5, 5.41) is 0. The van der Waals surface area contributed by atoms with Gasteiger partial charge in [0.1, 0.15) is 5.82 Å². The van der Waals surface area contributed by atoms with Gasteiger partial charge >= 0.3 is 0 Å². The third kappa shape index (κ3) is 1.31. The molecule has 0 amide bonds. The van der Waals surface area contributed by atoms with Gasteiger partial charge in [0, 0.05) is 17.0 Å². The fraction of sp³-hybridized carbons (Fsp3) is 0.583. The highest BCUT2D eigenvalue weighted by Gasteiger charge is 2.68. The molecule has 0 saturated heterocycles. The first-order valence-corrected chi connectivity index (χ1v) is 5.66. The minimum Gasteiger partial charge on any atom is -0.258 e. The molecule has 0 radical (unpaired) electrons. The monoisotopic (exact) mass is 227 g/mol. The highest BCUT2D eigenvalue weighted by Crippen LogP contribution is 2.68. The first-order chi connectivity index (χ1) is 6.94. The Hall–Kier alpha value is -0.630. The minimum absolute atomic E-state index is 0.0115. The Kier molecular flexibility index (Phi) is 2.30. The molecule has 15 heavy (non-hydrogen) atoms. The lowest BCUT2D eigenvalue weighted by atomic mass is 9.94. The molecular formula is C12H15ClFN. The maximum atomic E-state index is 12.8. The molecule has 0 spiro atoms. The summed E-state index contributed by atoms with van der Waals surface area (Å²) < 4.78 is 12.8. The molecule has 2 atom stereocenters. The van der Waals surface area contributed by atoms with Crippen molar-refractivity contribution in [3.8, 4) is 0 Å². The van der Waals surface area contributed by atoms with Crippen LogP contribution in [0.5, 0.6) is 0 Å². The number of hydrogen-bond acceptors (Lipinski definition) is 1. The fourth-order valence-corrected chi connectivity index (χ4v) is 3.33. The second-order valence-electron chi connectivity index (χ2n) is 4.99. The molecule has 0 aliphatic heterocycles. The summed E-state index contributed by atoms with van der Waals surface area (Å²) in [6, 6.07) is 3.23. The van der Waals surface area contributed by atoms with Crippen molar-refractivity contribution < 1.29 is 4.39 Å². The Morgan fingerprint density at radius 1 is 1.40 bits per heavy atom. The van der Waals surface area contributed by atoms with Crippen LogP contribution < -0.4 is 0 Å². The van der Waals surface area contributed by atoms with Crippen molar-refractivity contribution >= 4 is 11.6 Å². The third-order valence-electron chi connectivity index (χ3n) is 4.24. The normalized spacial score (nSPS) is 32.7. The number of rotatable bonds is 2. The van der Waals surface area contributed by atoms with Crippen LogP contribution >= 0.6 is 11.6 Å². The van der Waals surface area contributed by atoms with Crippen molar-refractivity contribution in [1.82, 2.24) is 4.98 Å². The summed E-state index contributed by atoms with van der Waals surface area (Å²) in [6.07, 6.45) is 1.28. The maximum Gasteiger partial charge on any atom is 0.141 e. The number of hydrogen-bond donors (Lipinski definition) is 0. The van der Waals surface area contributed by atoms with Gasteiger partial charge < -0.3 is 0 Å². The molecule has 0 aromatic carbocycles. The second-order valence-corrected chi connectivity index (χ2v) is 5.30. The van der Waals surface area contributed by atoms with Gasteiger partial charge in [-0.2, -0.15) is 0 Å². The maximum absolute atomic E-state index is 12.8. The van der Waals surface area contributed by atoms with Crippen LogP contribution in [0.2, 0.25) is 0 Å². The lowest BCUT2D eigenvalue weighted by Gasteiger charge is -2.13. The highest BCUT2D eigenvalue weighted by atomic mass is 35.5. The Morgan fingerprint density at radius 2 is 2.07 bits per heavy atom. The Morgan fingerprint density at radius 3 is 2.47 bits per heavy atom. The second kappa shape index (κ2) is 3.18. The zero-order valence-corrected chi connectivity index (χ0v) is 9.98. The van der Waals surface area contributed by atoms with Crippen molar-refractivity contribution in [2.45, 2.75) is 26.2 Å². The van der Waals surface area contributed by atoms with Crippen LogP contribution in [-0.2, 0) is 5.41 Å². The van der Waals surface area contributed by atoms with Crippen molar-refractivity contribution in [1.29, 1.82) is 0 Å². The summed E-state index contributed by atoms with van der Waals surface area (Å²) in [7, 11) is 0. The molecule has 1 saturated carbocycles. The van der Waals surface area contributed by atoms with Crippen LogP contribution in [0, 0.1) is 17.2 Å². The van der Waals surface area contributed by atoms with E-state index in [-0.39, 0.29) is 16.6 Å². The van der Waals surface area contributed by atoms with Crippen LogP contribution in [0.1, 0.15) is 26.5 Å². The summed E-state index contributed by atoms with van der Waals surface area (Å²) in [6.45, 7) is 6.52. The molecule has 1 fully saturated rings. The van der Waals surface area contributed by atoms with Gasteiger partial charge in [-0.1, -0.05) is 20.8 Å². The van der Waals surface area contributed by atoms with Crippen LogP contribution in [0.25, 0.3) is 0 Å². The molecule has 2 unspecified atom stereocenters. The molecule has 1 aliphatic carbocycles. The summed E-state index contributed by atoms with van der Waals surface area (Å²) in [4.78, 5) is 4.17. The van der Waals surface area contributed by atoms with Gasteiger partial charge in [-0.15, -0.1) is 11.6 Å². The number of halogens is 2. The number of aromatic nitrogens is 1. The standard InChI is InChI=1S/C12H15ClFN/c1-11(2)9(6-13)12(11,3)10-5-4-8(14)7-15-10/h4-5,7,9H,6H2,1-3H3. The lowest BCUT2D eigenvalue weighted by Crippen LogP contribution is -2.12. The van der Waals surface area contributed by atoms with E-state index in [2.05, 4.69) is 25.8 Å². The van der Waals surface area contributed by atoms with Gasteiger partial charge in [-0.25, -0.2) is 4.39 Å². The summed E-state index contributed by atoms with van der Waals surface area (Å²) in [5.74, 6) is 0.760. The van der Waals surface area contributed by atoms with Gasteiger partial charge in [-0.3, -0.25) is 4.98 Å². The quantitative estimate of drug-likeness (QED) is 0.706. The fourth-order valence-electron chi connectivity index (χ4n) is 2.64. The molecule has 1 heterocycles. The summed E-state index contributed by atoms with van der Waals surface area (Å²) in [5.41, 5.74) is 1.08. The predicted octanol–water partition coefficient (Wildman–Crippen LogP) is 3.37. The van der Waals surface area contributed by atoms with Crippen LogP contribution in [0.3, 0.4) is 0 Å². The number of alkyl halides is 1. The molecule has 1 nitrogen and oxygen atoms in total. The topological polar surface area (TPSA) is 12.9 Å². The molecular weight excluding hydrogens is 213 g/mol. The van der Waals surface area contributed by atoms with E-state index in [9.17, 15) is 4.39 Å². The zero-order chi connectivity index (χ0) is 11.3. The Bertz CT molecular complexity index is 374. The highest BCUT2D eigenvalue weighted by molar-refractivity contribution is 6.18. The van der Waals surface area contributed by atoms with E-state index in [1.807, 2.05) is 0 Å². The third-order valence-corrected chi connectivity index (χ3v) is 4.55. The van der Waals surface area contributed by atoms with Crippen LogP contribution in [0.4, 0.5) is 4.39 Å². The average Bonchev–Trinajstić information content (AvgIpc) is 2.62. The van der Waals surface area contributed by atoms with Gasteiger partial charge in [-0.05, 0) is 23.5 Å². The van der Waals surface area contributed by atoms with Gasteiger partial charge in [0.2, 0.25) is 0 Å². The van der Waals surface area contributed by atoms with E-state index in [0.29, 0.717) is 11.8 Å². The SMILES string of the molecule is CC1(C)C(CCl)C1(C)c1ccc(F)cn1. The first kappa shape index (κ1) is 10.9. The van der Waals surface area contributed by atoms with Gasteiger partial charge in [0.15, 0.2) is 0 Å². The first-order valence-electron chi connectivity index (χ1n) is 5.12. The number of nitrogens with zero attached hydrogens (tertiary/aromatic N) is 1. The Balaban J connectivity index is 2.36. The smallest absolute Gasteiger partial charge is 0.141 e. The Labute approximate surface area is 94.7 Å². The van der Waals surface area contributed by atoms with E-state index < -0.39 is 0 Å². The molecule has 1 aromatic heterocycles. The van der Waals surface area contributed by atoms with Crippen LogP contribution in [0.15, 0.2) is 18.3 Å². The summed E-state index contributed by atoms with van der Waals surface area (Å²) >= 11 is 5.95. The molecule has 0 bridgehead atoms. The van der Waals surface area contributed by atoms with E-state index >= 15 is 0 Å². The minimum atomic E-state index is -0.289. The van der Waals surface area contributed by atoms with Crippen molar-refractivity contribution in [3.63, 3.8) is 0 Å². The molecule has 3 heteroatoms. The molecule has 1 aromatic rings. The van der Waals surface area contributed by atoms with Crippen molar-refractivity contribution in [2.24, 2.45) is 11.3 Å². The average molecular weight is 228 g/mol. The van der Waals surface area contributed by atoms with Crippen molar-refractivity contribution in [2.75, 3.05) is 5.88 Å². The van der Waals surface area contributed by atoms with E-state index in [1.165, 1.54) is 12.3 Å². The van der Waals surface area contributed by atoms with E-state index in [0.717, 1.165) is 5.69 Å². The molecule has 0 N–H and O–H groups in total. The van der Waals surface area contributed by atoms with E-state index in [1.54, 1.807) is 6.07 Å². The predicted molar refractivity (Wildman–Crippen MR) is 59.5 cm³/mol. The van der Waals surface area contributed by atoms with Gasteiger partial charge in [0.25, 0.3) is 0 Å². The van der Waals surface area contributed by atoms with Crippen molar-refractivity contribution in [3.05, 3.63) is 29.8 Å². The van der Waals surface area contributed by atoms with Gasteiger partial charge in [0.05, 0.1) is 6.20 Å². The lowest BCUT2D eigenvalue weighted by molar-refractivity contribution is 0.511. The molecule has 1 aliphatic rings. The number of pyridine rings is 1. The molecule has 2 rings (SSSR count). The largest absolute Gasteiger partial charge is 0.258 e. The van der Waals surface area contributed by atoms with E-state index in [4.69, 9.17) is 11.6 Å². The zero-order valence-electron chi connectivity index (χ0n) is 9.22.